The monoisotopic (exact) mass is 221 g/mol. The van der Waals surface area contributed by atoms with E-state index in [-0.39, 0.29) is 5.78 Å². The van der Waals surface area contributed by atoms with E-state index < -0.39 is 0 Å². The van der Waals surface area contributed by atoms with Crippen molar-refractivity contribution in [2.24, 2.45) is 0 Å². The molecule has 0 saturated heterocycles. The number of aromatic nitrogens is 3. The molecule has 0 amide bonds. The average Bonchev–Trinajstić information content (AvgIpc) is 2.76. The van der Waals surface area contributed by atoms with E-state index in [2.05, 4.69) is 10.1 Å². The van der Waals surface area contributed by atoms with Crippen molar-refractivity contribution >= 4 is 17.1 Å². The highest BCUT2D eigenvalue weighted by molar-refractivity contribution is 7.13. The van der Waals surface area contributed by atoms with Crippen molar-refractivity contribution in [3.05, 3.63) is 34.0 Å². The third kappa shape index (κ3) is 2.30. The third-order valence-electron chi connectivity index (χ3n) is 1.96. The molecule has 0 spiro atoms. The van der Waals surface area contributed by atoms with Gasteiger partial charge in [-0.05, 0) is 12.5 Å². The normalized spacial score (nSPS) is 10.5. The van der Waals surface area contributed by atoms with Crippen LogP contribution in [0.2, 0.25) is 0 Å². The summed E-state index contributed by atoms with van der Waals surface area (Å²) >= 11 is 1.42. The molecule has 2 aromatic heterocycles. The van der Waals surface area contributed by atoms with Gasteiger partial charge in [-0.1, -0.05) is 0 Å². The number of thiazole rings is 1. The van der Waals surface area contributed by atoms with Gasteiger partial charge in [-0.15, -0.1) is 11.3 Å². The Labute approximate surface area is 91.6 Å². The molecule has 0 aromatic carbocycles. The highest BCUT2D eigenvalue weighted by Gasteiger charge is 2.06. The number of hydrogen-bond donors (Lipinski definition) is 0. The Hall–Kier alpha value is -1.49. The zero-order valence-corrected chi connectivity index (χ0v) is 9.41. The lowest BCUT2D eigenvalue weighted by Crippen LogP contribution is -1.98. The number of nitrogens with zero attached hydrogens (tertiary/aromatic N) is 3. The Morgan fingerprint density at radius 1 is 1.53 bits per heavy atom. The van der Waals surface area contributed by atoms with Crippen molar-refractivity contribution in [1.82, 2.24) is 14.8 Å². The molecule has 0 aliphatic carbocycles. The first-order chi connectivity index (χ1) is 7.15. The van der Waals surface area contributed by atoms with Gasteiger partial charge in [0.1, 0.15) is 5.01 Å². The fourth-order valence-electron chi connectivity index (χ4n) is 1.24. The number of carbonyl (C=O) groups is 1. The van der Waals surface area contributed by atoms with Crippen molar-refractivity contribution in [2.45, 2.75) is 20.4 Å². The lowest BCUT2D eigenvalue weighted by atomic mass is 10.4. The van der Waals surface area contributed by atoms with Gasteiger partial charge in [-0.2, -0.15) is 5.10 Å². The molecule has 2 heterocycles. The maximum absolute atomic E-state index is 11.1. The molecule has 15 heavy (non-hydrogen) atoms. The minimum atomic E-state index is 0.0652. The molecular weight excluding hydrogens is 210 g/mol. The first-order valence-corrected chi connectivity index (χ1v) is 5.41. The maximum Gasteiger partial charge on any atom is 0.171 e. The summed E-state index contributed by atoms with van der Waals surface area (Å²) in [6.45, 7) is 4.17. The van der Waals surface area contributed by atoms with Crippen molar-refractivity contribution in [3.63, 3.8) is 0 Å². The van der Waals surface area contributed by atoms with E-state index in [4.69, 9.17) is 0 Å². The number of hydrogen-bond acceptors (Lipinski definition) is 4. The van der Waals surface area contributed by atoms with Crippen molar-refractivity contribution in [1.29, 1.82) is 0 Å². The van der Waals surface area contributed by atoms with E-state index in [1.807, 2.05) is 17.8 Å². The fourth-order valence-corrected chi connectivity index (χ4v) is 2.04. The molecule has 0 aliphatic rings. The van der Waals surface area contributed by atoms with Crippen LogP contribution < -0.4 is 0 Å². The molecule has 0 bridgehead atoms. The summed E-state index contributed by atoms with van der Waals surface area (Å²) in [5.41, 5.74) is 1.12. The van der Waals surface area contributed by atoms with E-state index in [9.17, 15) is 4.79 Å². The summed E-state index contributed by atoms with van der Waals surface area (Å²) in [5.74, 6) is 0.0652. The Balaban J connectivity index is 2.14. The molecule has 0 saturated carbocycles. The van der Waals surface area contributed by atoms with Crippen molar-refractivity contribution < 1.29 is 4.79 Å². The van der Waals surface area contributed by atoms with Crippen LogP contribution in [0.4, 0.5) is 0 Å². The second-order valence-electron chi connectivity index (χ2n) is 3.39. The molecule has 4 nitrogen and oxygen atoms in total. The van der Waals surface area contributed by atoms with Gasteiger partial charge in [0, 0.05) is 19.3 Å². The van der Waals surface area contributed by atoms with Crippen LogP contribution in [0, 0.1) is 6.92 Å². The molecule has 0 aliphatic heterocycles. The number of rotatable bonds is 3. The fraction of sp³-hybridized carbons (Fsp3) is 0.300. The predicted molar refractivity (Wildman–Crippen MR) is 58.2 cm³/mol. The standard InChI is InChI=1S/C10H11N3OS/c1-7-3-12-13(5-7)6-10-11-4-9(15-10)8(2)14/h3-5H,6H2,1-2H3. The molecule has 5 heteroatoms. The SMILES string of the molecule is CC(=O)c1cnc(Cn2cc(C)cn2)s1. The number of Topliss-reactive ketones (excluding diaryl/α,β-unsaturated/α-hetero) is 1. The topological polar surface area (TPSA) is 47.8 Å². The van der Waals surface area contributed by atoms with Gasteiger partial charge in [-0.25, -0.2) is 4.98 Å². The molecule has 0 unspecified atom stereocenters. The van der Waals surface area contributed by atoms with Gasteiger partial charge in [0.05, 0.1) is 17.6 Å². The van der Waals surface area contributed by atoms with E-state index in [0.717, 1.165) is 10.6 Å². The highest BCUT2D eigenvalue weighted by atomic mass is 32.1. The van der Waals surface area contributed by atoms with Crippen LogP contribution >= 0.6 is 11.3 Å². The lowest BCUT2D eigenvalue weighted by molar-refractivity contribution is 0.102. The zero-order chi connectivity index (χ0) is 10.8. The van der Waals surface area contributed by atoms with Gasteiger partial charge in [0.2, 0.25) is 0 Å². The first kappa shape index (κ1) is 10.0. The summed E-state index contributed by atoms with van der Waals surface area (Å²) in [4.78, 5) is 15.9. The van der Waals surface area contributed by atoms with Gasteiger partial charge in [-0.3, -0.25) is 9.48 Å². The van der Waals surface area contributed by atoms with Gasteiger partial charge in [0.25, 0.3) is 0 Å². The minimum absolute atomic E-state index is 0.0652. The van der Waals surface area contributed by atoms with Crippen LogP contribution in [0.1, 0.15) is 27.2 Å². The van der Waals surface area contributed by atoms with Crippen LogP contribution in [0.3, 0.4) is 0 Å². The van der Waals surface area contributed by atoms with E-state index in [1.54, 1.807) is 19.3 Å². The Bertz CT molecular complexity index is 486. The Morgan fingerprint density at radius 3 is 2.87 bits per heavy atom. The average molecular weight is 221 g/mol. The summed E-state index contributed by atoms with van der Waals surface area (Å²) < 4.78 is 1.82. The minimum Gasteiger partial charge on any atom is -0.294 e. The van der Waals surface area contributed by atoms with Gasteiger partial charge in [0.15, 0.2) is 5.78 Å². The Morgan fingerprint density at radius 2 is 2.33 bits per heavy atom. The predicted octanol–water partition coefficient (Wildman–Crippen LogP) is 1.90. The smallest absolute Gasteiger partial charge is 0.171 e. The molecule has 78 valence electrons. The van der Waals surface area contributed by atoms with Crippen molar-refractivity contribution in [3.8, 4) is 0 Å². The second kappa shape index (κ2) is 3.94. The molecule has 2 aromatic rings. The van der Waals surface area contributed by atoms with Gasteiger partial charge >= 0.3 is 0 Å². The summed E-state index contributed by atoms with van der Waals surface area (Å²) in [6, 6.07) is 0. The molecule has 0 fully saturated rings. The van der Waals surface area contributed by atoms with Crippen LogP contribution in [0.25, 0.3) is 0 Å². The Kier molecular flexibility index (Phi) is 2.64. The summed E-state index contributed by atoms with van der Waals surface area (Å²) in [6.07, 6.45) is 5.38. The quantitative estimate of drug-likeness (QED) is 0.744. The number of carbonyl (C=O) groups excluding carboxylic acids is 1. The summed E-state index contributed by atoms with van der Waals surface area (Å²) in [7, 11) is 0. The van der Waals surface area contributed by atoms with E-state index in [0.29, 0.717) is 11.4 Å². The van der Waals surface area contributed by atoms with E-state index >= 15 is 0 Å². The molecule has 0 radical (unpaired) electrons. The second-order valence-corrected chi connectivity index (χ2v) is 4.50. The van der Waals surface area contributed by atoms with Crippen LogP contribution in [-0.4, -0.2) is 20.5 Å². The first-order valence-electron chi connectivity index (χ1n) is 4.60. The molecule has 2 rings (SSSR count). The maximum atomic E-state index is 11.1. The molecule has 0 N–H and O–H groups in total. The molecule has 0 atom stereocenters. The van der Waals surface area contributed by atoms with Crippen LogP contribution in [0.15, 0.2) is 18.6 Å². The number of ketones is 1. The van der Waals surface area contributed by atoms with Gasteiger partial charge < -0.3 is 0 Å². The molecular formula is C10H11N3OS. The van der Waals surface area contributed by atoms with Crippen LogP contribution in [-0.2, 0) is 6.54 Å². The third-order valence-corrected chi connectivity index (χ3v) is 3.04. The van der Waals surface area contributed by atoms with E-state index in [1.165, 1.54) is 11.3 Å². The van der Waals surface area contributed by atoms with Crippen molar-refractivity contribution in [2.75, 3.05) is 0 Å². The van der Waals surface area contributed by atoms with Crippen LogP contribution in [0.5, 0.6) is 0 Å². The largest absolute Gasteiger partial charge is 0.294 e. The number of aryl methyl sites for hydroxylation is 1. The zero-order valence-electron chi connectivity index (χ0n) is 8.60. The highest BCUT2D eigenvalue weighted by Crippen LogP contribution is 2.14. The lowest BCUT2D eigenvalue weighted by Gasteiger charge is -1.95. The summed E-state index contributed by atoms with van der Waals surface area (Å²) in [5, 5.41) is 5.07.